The van der Waals surface area contributed by atoms with E-state index in [0.717, 1.165) is 37.1 Å². The van der Waals surface area contributed by atoms with Gasteiger partial charge in [0.25, 0.3) is 0 Å². The topological polar surface area (TPSA) is 41.3 Å². The average Bonchev–Trinajstić information content (AvgIpc) is 3.15. The Kier molecular flexibility index (Phi) is 5.08. The minimum atomic E-state index is -0.484. The molecule has 3 rings (SSSR count). The molecule has 0 saturated carbocycles. The highest BCUT2D eigenvalue weighted by molar-refractivity contribution is 5.17. The summed E-state index contributed by atoms with van der Waals surface area (Å²) in [6, 6.07) is 7.33. The first-order chi connectivity index (χ1) is 11.1. The molecule has 0 amide bonds. The smallest absolute Gasteiger partial charge is 0.126 e. The van der Waals surface area contributed by atoms with Gasteiger partial charge in [-0.1, -0.05) is 18.2 Å². The van der Waals surface area contributed by atoms with E-state index >= 15 is 0 Å². The van der Waals surface area contributed by atoms with Crippen molar-refractivity contribution in [3.05, 3.63) is 53.6 Å². The third kappa shape index (κ3) is 3.98. The van der Waals surface area contributed by atoms with Crippen LogP contribution in [0.15, 0.2) is 36.7 Å². The van der Waals surface area contributed by atoms with Crippen LogP contribution in [0.25, 0.3) is 0 Å². The number of hydrogen-bond acceptors (Lipinski definition) is 3. The molecule has 2 aromatic rings. The average molecular weight is 317 g/mol. The van der Waals surface area contributed by atoms with E-state index in [0.29, 0.717) is 18.9 Å². The van der Waals surface area contributed by atoms with Crippen LogP contribution in [0.5, 0.6) is 0 Å². The van der Waals surface area contributed by atoms with Crippen LogP contribution < -0.4 is 0 Å². The SMILES string of the molecule is Cn1cc(C(O)CC2CCCN2CCc2ccccc2F)cn1. The molecular weight excluding hydrogens is 293 g/mol. The number of halogens is 1. The van der Waals surface area contributed by atoms with Crippen LogP contribution in [0.2, 0.25) is 0 Å². The Morgan fingerprint density at radius 3 is 2.96 bits per heavy atom. The van der Waals surface area contributed by atoms with Gasteiger partial charge in [0, 0.05) is 31.4 Å². The lowest BCUT2D eigenvalue weighted by Gasteiger charge is -2.26. The van der Waals surface area contributed by atoms with E-state index in [1.807, 2.05) is 25.4 Å². The van der Waals surface area contributed by atoms with Crippen molar-refractivity contribution in [1.82, 2.24) is 14.7 Å². The maximum Gasteiger partial charge on any atom is 0.126 e. The monoisotopic (exact) mass is 317 g/mol. The molecule has 124 valence electrons. The molecule has 1 aromatic heterocycles. The number of aliphatic hydroxyl groups is 1. The second-order valence-corrected chi connectivity index (χ2v) is 6.37. The fourth-order valence-electron chi connectivity index (χ4n) is 3.43. The predicted molar refractivity (Wildman–Crippen MR) is 87.5 cm³/mol. The largest absolute Gasteiger partial charge is 0.388 e. The van der Waals surface area contributed by atoms with E-state index in [1.54, 1.807) is 16.9 Å². The van der Waals surface area contributed by atoms with Gasteiger partial charge in [0.2, 0.25) is 0 Å². The number of benzene rings is 1. The Bertz CT molecular complexity index is 643. The summed E-state index contributed by atoms with van der Waals surface area (Å²) in [6.07, 6.45) is 6.76. The molecule has 0 spiro atoms. The predicted octanol–water partition coefficient (Wildman–Crippen LogP) is 2.69. The van der Waals surface area contributed by atoms with Gasteiger partial charge in [0.05, 0.1) is 12.3 Å². The molecule has 1 aliphatic rings. The lowest BCUT2D eigenvalue weighted by atomic mass is 10.0. The van der Waals surface area contributed by atoms with E-state index in [4.69, 9.17) is 0 Å². The van der Waals surface area contributed by atoms with Crippen molar-refractivity contribution < 1.29 is 9.50 Å². The molecule has 2 atom stereocenters. The molecule has 23 heavy (non-hydrogen) atoms. The normalized spacial score (nSPS) is 20.0. The van der Waals surface area contributed by atoms with E-state index in [2.05, 4.69) is 10.00 Å². The van der Waals surface area contributed by atoms with Crippen molar-refractivity contribution in [2.45, 2.75) is 37.8 Å². The zero-order valence-corrected chi connectivity index (χ0v) is 13.5. The number of hydrogen-bond donors (Lipinski definition) is 1. The van der Waals surface area contributed by atoms with Crippen molar-refractivity contribution in [1.29, 1.82) is 0 Å². The summed E-state index contributed by atoms with van der Waals surface area (Å²) >= 11 is 0. The number of likely N-dealkylation sites (tertiary alicyclic amines) is 1. The first kappa shape index (κ1) is 16.1. The molecule has 0 radical (unpaired) electrons. The molecule has 5 heteroatoms. The van der Waals surface area contributed by atoms with Crippen LogP contribution in [0.3, 0.4) is 0 Å². The van der Waals surface area contributed by atoms with Crippen LogP contribution in [0, 0.1) is 5.82 Å². The van der Waals surface area contributed by atoms with E-state index in [1.165, 1.54) is 6.07 Å². The molecule has 0 aliphatic carbocycles. The third-order valence-electron chi connectivity index (χ3n) is 4.73. The molecule has 1 saturated heterocycles. The van der Waals surface area contributed by atoms with Gasteiger partial charge in [-0.2, -0.15) is 5.10 Å². The highest BCUT2D eigenvalue weighted by atomic mass is 19.1. The lowest BCUT2D eigenvalue weighted by molar-refractivity contribution is 0.121. The molecule has 4 nitrogen and oxygen atoms in total. The lowest BCUT2D eigenvalue weighted by Crippen LogP contribution is -2.32. The van der Waals surface area contributed by atoms with Gasteiger partial charge in [-0.05, 0) is 43.9 Å². The Morgan fingerprint density at radius 1 is 1.39 bits per heavy atom. The summed E-state index contributed by atoms with van der Waals surface area (Å²) < 4.78 is 15.4. The van der Waals surface area contributed by atoms with E-state index in [9.17, 15) is 9.50 Å². The first-order valence-corrected chi connectivity index (χ1v) is 8.27. The van der Waals surface area contributed by atoms with Crippen LogP contribution in [-0.2, 0) is 13.5 Å². The molecule has 1 aliphatic heterocycles. The van der Waals surface area contributed by atoms with Crippen molar-refractivity contribution in [3.8, 4) is 0 Å². The Labute approximate surface area is 136 Å². The van der Waals surface area contributed by atoms with Gasteiger partial charge in [0.15, 0.2) is 0 Å². The molecule has 0 bridgehead atoms. The standard InChI is InChI=1S/C18H24FN3O/c1-21-13-15(12-20-21)18(23)11-16-6-4-9-22(16)10-8-14-5-2-3-7-17(14)19/h2-3,5,7,12-13,16,18,23H,4,6,8-11H2,1H3. The number of rotatable bonds is 6. The zero-order valence-electron chi connectivity index (χ0n) is 13.5. The summed E-state index contributed by atoms with van der Waals surface area (Å²) in [5.74, 6) is -0.126. The van der Waals surface area contributed by atoms with Crippen molar-refractivity contribution in [2.75, 3.05) is 13.1 Å². The van der Waals surface area contributed by atoms with Gasteiger partial charge in [-0.15, -0.1) is 0 Å². The van der Waals surface area contributed by atoms with Crippen molar-refractivity contribution in [3.63, 3.8) is 0 Å². The van der Waals surface area contributed by atoms with Crippen LogP contribution >= 0.6 is 0 Å². The summed E-state index contributed by atoms with van der Waals surface area (Å²) in [5, 5.41) is 14.5. The van der Waals surface area contributed by atoms with Gasteiger partial charge in [-0.25, -0.2) is 4.39 Å². The van der Waals surface area contributed by atoms with Gasteiger partial charge >= 0.3 is 0 Å². The van der Waals surface area contributed by atoms with Crippen molar-refractivity contribution >= 4 is 0 Å². The number of nitrogens with zero attached hydrogens (tertiary/aromatic N) is 3. The highest BCUT2D eigenvalue weighted by Gasteiger charge is 2.27. The third-order valence-corrected chi connectivity index (χ3v) is 4.73. The molecule has 1 aromatic carbocycles. The molecule has 2 unspecified atom stereocenters. The van der Waals surface area contributed by atoms with Gasteiger partial charge < -0.3 is 5.11 Å². The maximum absolute atomic E-state index is 13.7. The van der Waals surface area contributed by atoms with Crippen LogP contribution in [0.4, 0.5) is 4.39 Å². The second-order valence-electron chi connectivity index (χ2n) is 6.37. The minimum absolute atomic E-state index is 0.126. The van der Waals surface area contributed by atoms with Crippen LogP contribution in [0.1, 0.15) is 36.5 Å². The highest BCUT2D eigenvalue weighted by Crippen LogP contribution is 2.27. The van der Waals surface area contributed by atoms with E-state index in [-0.39, 0.29) is 5.82 Å². The Hall–Kier alpha value is -1.72. The summed E-state index contributed by atoms with van der Waals surface area (Å²) in [5.41, 5.74) is 1.64. The maximum atomic E-state index is 13.7. The van der Waals surface area contributed by atoms with E-state index < -0.39 is 6.10 Å². The Balaban J connectivity index is 1.56. The summed E-state index contributed by atoms with van der Waals surface area (Å²) in [4.78, 5) is 2.38. The fourth-order valence-corrected chi connectivity index (χ4v) is 3.43. The van der Waals surface area contributed by atoms with Gasteiger partial charge in [0.1, 0.15) is 5.82 Å². The van der Waals surface area contributed by atoms with Gasteiger partial charge in [-0.3, -0.25) is 9.58 Å². The summed E-state index contributed by atoms with van der Waals surface area (Å²) in [7, 11) is 1.85. The number of aryl methyl sites for hydroxylation is 1. The molecule has 1 fully saturated rings. The summed E-state index contributed by atoms with van der Waals surface area (Å²) in [6.45, 7) is 1.87. The number of aliphatic hydroxyl groups excluding tert-OH is 1. The fraction of sp³-hybridized carbons (Fsp3) is 0.500. The first-order valence-electron chi connectivity index (χ1n) is 8.27. The quantitative estimate of drug-likeness (QED) is 0.890. The molecular formula is C18H24FN3O. The molecule has 2 heterocycles. The second kappa shape index (κ2) is 7.23. The molecule has 1 N–H and O–H groups in total. The zero-order chi connectivity index (χ0) is 16.2. The minimum Gasteiger partial charge on any atom is -0.388 e. The van der Waals surface area contributed by atoms with Crippen LogP contribution in [-0.4, -0.2) is 38.9 Å². The number of aromatic nitrogens is 2. The van der Waals surface area contributed by atoms with Crippen molar-refractivity contribution in [2.24, 2.45) is 7.05 Å². The Morgan fingerprint density at radius 2 is 2.22 bits per heavy atom.